The average molecular weight is 443 g/mol. The highest BCUT2D eigenvalue weighted by molar-refractivity contribution is 9.10. The lowest BCUT2D eigenvalue weighted by Gasteiger charge is -2.36. The number of rotatable bonds is 4. The molecule has 28 heavy (non-hydrogen) atoms. The van der Waals surface area contributed by atoms with Gasteiger partial charge in [-0.2, -0.15) is 0 Å². The molecule has 2 aromatic carbocycles. The largest absolute Gasteiger partial charge is 0.508 e. The molecule has 1 aromatic heterocycles. The number of phenols is 1. The van der Waals surface area contributed by atoms with Crippen LogP contribution in [0.4, 0.5) is 5.69 Å². The second-order valence-corrected chi connectivity index (χ2v) is 7.81. The molecule has 0 bridgehead atoms. The van der Waals surface area contributed by atoms with Crippen molar-refractivity contribution in [3.63, 3.8) is 0 Å². The van der Waals surface area contributed by atoms with Gasteiger partial charge in [0.2, 0.25) is 0 Å². The highest BCUT2D eigenvalue weighted by Crippen LogP contribution is 2.22. The van der Waals surface area contributed by atoms with Gasteiger partial charge in [-0.25, -0.2) is 4.68 Å². The first-order valence-corrected chi connectivity index (χ1v) is 10.1. The lowest BCUT2D eigenvalue weighted by atomic mass is 10.2. The summed E-state index contributed by atoms with van der Waals surface area (Å²) in [6.45, 7) is 4.37. The molecule has 0 atom stereocenters. The summed E-state index contributed by atoms with van der Waals surface area (Å²) < 4.78 is 4.26. The van der Waals surface area contributed by atoms with Crippen molar-refractivity contribution in [2.45, 2.75) is 6.54 Å². The Morgan fingerprint density at radius 1 is 0.929 bits per heavy atom. The summed E-state index contributed by atoms with van der Waals surface area (Å²) in [5.74, 6) is 0.288. The molecule has 1 saturated heterocycles. The summed E-state index contributed by atoms with van der Waals surface area (Å²) in [5, 5.41) is 9.46. The molecule has 146 valence electrons. The van der Waals surface area contributed by atoms with Gasteiger partial charge in [0.1, 0.15) is 10.2 Å². The molecule has 1 aliphatic rings. The van der Waals surface area contributed by atoms with Gasteiger partial charge in [-0.05, 0) is 52.3 Å². The summed E-state index contributed by atoms with van der Waals surface area (Å²) in [5.41, 5.74) is 2.93. The molecule has 3 aromatic rings. The van der Waals surface area contributed by atoms with Crippen molar-refractivity contribution in [2.75, 3.05) is 31.1 Å². The first-order chi connectivity index (χ1) is 13.5. The van der Waals surface area contributed by atoms with Gasteiger partial charge in [0.15, 0.2) is 0 Å². The number of nitrogens with zero attached hydrogens (tertiary/aromatic N) is 4. The molecule has 7 heteroatoms. The number of hydrogen-bond acceptors (Lipinski definition) is 4. The molecular weight excluding hydrogens is 420 g/mol. The number of aromatic nitrogens is 2. The topological polar surface area (TPSA) is 53.6 Å². The number of halogens is 1. The van der Waals surface area contributed by atoms with Gasteiger partial charge < -0.3 is 10.0 Å². The van der Waals surface area contributed by atoms with Crippen LogP contribution < -0.4 is 10.5 Å². The maximum atomic E-state index is 12.8. The molecule has 1 fully saturated rings. The van der Waals surface area contributed by atoms with E-state index in [0.717, 1.165) is 49.8 Å². The van der Waals surface area contributed by atoms with Crippen LogP contribution in [-0.4, -0.2) is 45.5 Å². The highest BCUT2D eigenvalue weighted by atomic mass is 79.9. The van der Waals surface area contributed by atoms with Crippen molar-refractivity contribution in [2.24, 2.45) is 7.05 Å². The van der Waals surface area contributed by atoms with Gasteiger partial charge in [0.05, 0.1) is 11.4 Å². The van der Waals surface area contributed by atoms with E-state index < -0.39 is 0 Å². The monoisotopic (exact) mass is 442 g/mol. The van der Waals surface area contributed by atoms with Crippen LogP contribution in [0.15, 0.2) is 63.9 Å². The number of aromatic hydroxyl groups is 1. The van der Waals surface area contributed by atoms with Gasteiger partial charge in [-0.3, -0.25) is 14.4 Å². The molecule has 0 amide bonds. The third-order valence-corrected chi connectivity index (χ3v) is 6.08. The molecule has 0 saturated carbocycles. The summed E-state index contributed by atoms with van der Waals surface area (Å²) in [6.07, 6.45) is 0. The summed E-state index contributed by atoms with van der Waals surface area (Å²) in [6, 6.07) is 17.0. The Morgan fingerprint density at radius 3 is 2.21 bits per heavy atom. The fraction of sp³-hybridized carbons (Fsp3) is 0.286. The van der Waals surface area contributed by atoms with Gasteiger partial charge in [0.25, 0.3) is 5.56 Å². The number of piperazine rings is 1. The Hall–Kier alpha value is -2.51. The van der Waals surface area contributed by atoms with E-state index in [4.69, 9.17) is 0 Å². The number of hydrogen-bond donors (Lipinski definition) is 1. The normalized spacial score (nSPS) is 15.1. The fourth-order valence-corrected chi connectivity index (χ4v) is 4.24. The quantitative estimate of drug-likeness (QED) is 0.674. The lowest BCUT2D eigenvalue weighted by molar-refractivity contribution is 0.242. The number of anilines is 1. The second kappa shape index (κ2) is 7.85. The maximum Gasteiger partial charge on any atom is 0.286 e. The van der Waals surface area contributed by atoms with Crippen molar-refractivity contribution < 1.29 is 5.11 Å². The lowest BCUT2D eigenvalue weighted by Crippen LogP contribution is -2.46. The molecule has 0 radical (unpaired) electrons. The smallest absolute Gasteiger partial charge is 0.286 e. The summed E-state index contributed by atoms with van der Waals surface area (Å²) >= 11 is 3.52. The Labute approximate surface area is 172 Å². The van der Waals surface area contributed by atoms with E-state index in [1.807, 2.05) is 54.2 Å². The predicted molar refractivity (Wildman–Crippen MR) is 114 cm³/mol. The van der Waals surface area contributed by atoms with Gasteiger partial charge in [-0.15, -0.1) is 0 Å². The third-order valence-electron chi connectivity index (χ3n) is 5.29. The van der Waals surface area contributed by atoms with E-state index in [0.29, 0.717) is 4.47 Å². The molecule has 0 aliphatic carbocycles. The first-order valence-electron chi connectivity index (χ1n) is 9.33. The van der Waals surface area contributed by atoms with Crippen LogP contribution in [0, 0.1) is 0 Å². The van der Waals surface area contributed by atoms with E-state index in [1.165, 1.54) is 0 Å². The minimum atomic E-state index is -0.0357. The van der Waals surface area contributed by atoms with Crippen molar-refractivity contribution in [3.05, 3.63) is 75.1 Å². The van der Waals surface area contributed by atoms with E-state index in [9.17, 15) is 9.90 Å². The second-order valence-electron chi connectivity index (χ2n) is 7.02. The minimum absolute atomic E-state index is 0.0357. The van der Waals surface area contributed by atoms with Gasteiger partial charge in [0, 0.05) is 45.5 Å². The van der Waals surface area contributed by atoms with Crippen LogP contribution in [0.25, 0.3) is 5.69 Å². The van der Waals surface area contributed by atoms with E-state index >= 15 is 0 Å². The number of phenolic OH excluding ortho intramolecular Hbond substituents is 1. The Kier molecular flexibility index (Phi) is 5.28. The van der Waals surface area contributed by atoms with Crippen molar-refractivity contribution >= 4 is 21.6 Å². The van der Waals surface area contributed by atoms with Crippen LogP contribution in [0.2, 0.25) is 0 Å². The van der Waals surface area contributed by atoms with Crippen LogP contribution in [0.3, 0.4) is 0 Å². The van der Waals surface area contributed by atoms with Crippen molar-refractivity contribution in [1.82, 2.24) is 14.3 Å². The maximum absolute atomic E-state index is 12.8. The predicted octanol–water partition coefficient (Wildman–Crippen LogP) is 2.97. The van der Waals surface area contributed by atoms with E-state index in [-0.39, 0.29) is 11.3 Å². The molecule has 1 aliphatic heterocycles. The minimum Gasteiger partial charge on any atom is -0.508 e. The average Bonchev–Trinajstić information content (AvgIpc) is 2.93. The molecule has 0 spiro atoms. The zero-order valence-corrected chi connectivity index (χ0v) is 17.3. The molecule has 1 N–H and O–H groups in total. The van der Waals surface area contributed by atoms with Crippen molar-refractivity contribution in [3.8, 4) is 11.4 Å². The summed E-state index contributed by atoms with van der Waals surface area (Å²) in [4.78, 5) is 17.5. The zero-order chi connectivity index (χ0) is 19.7. The molecular formula is C21H23BrN4O2. The SMILES string of the molecule is Cn1c(CN2CCN(c3ccc(O)cc3)CC2)c(Br)c(=O)n1-c1ccccc1. The molecule has 2 heterocycles. The highest BCUT2D eigenvalue weighted by Gasteiger charge is 2.22. The molecule has 0 unspecified atom stereocenters. The Morgan fingerprint density at radius 2 is 1.57 bits per heavy atom. The van der Waals surface area contributed by atoms with Gasteiger partial charge >= 0.3 is 0 Å². The summed E-state index contributed by atoms with van der Waals surface area (Å²) in [7, 11) is 1.93. The number of para-hydroxylation sites is 1. The Balaban J connectivity index is 1.49. The zero-order valence-electron chi connectivity index (χ0n) is 15.8. The first kappa shape index (κ1) is 18.8. The third kappa shape index (κ3) is 3.59. The van der Waals surface area contributed by atoms with E-state index in [1.54, 1.807) is 16.8 Å². The van der Waals surface area contributed by atoms with Crippen LogP contribution in [-0.2, 0) is 13.6 Å². The molecule has 6 nitrogen and oxygen atoms in total. The standard InChI is InChI=1S/C21H23BrN4O2/c1-23-19(20(22)21(28)26(23)17-5-3-2-4-6-17)15-24-11-13-25(14-12-24)16-7-9-18(27)10-8-16/h2-10,27H,11-15H2,1H3. The Bertz CT molecular complexity index is 1000. The number of benzene rings is 2. The van der Waals surface area contributed by atoms with Crippen LogP contribution in [0.5, 0.6) is 5.75 Å². The molecule has 4 rings (SSSR count). The fourth-order valence-electron chi connectivity index (χ4n) is 3.69. The van der Waals surface area contributed by atoms with Gasteiger partial charge in [-0.1, -0.05) is 18.2 Å². The van der Waals surface area contributed by atoms with Crippen molar-refractivity contribution in [1.29, 1.82) is 0 Å². The van der Waals surface area contributed by atoms with Crippen LogP contribution >= 0.6 is 15.9 Å². The van der Waals surface area contributed by atoms with E-state index in [2.05, 4.69) is 25.7 Å². The van der Waals surface area contributed by atoms with Crippen LogP contribution in [0.1, 0.15) is 5.69 Å².